The molecule has 0 N–H and O–H groups in total. The van der Waals surface area contributed by atoms with Crippen LogP contribution >= 0.6 is 0 Å². The lowest BCUT2D eigenvalue weighted by Gasteiger charge is -2.46. The van der Waals surface area contributed by atoms with Gasteiger partial charge in [-0.05, 0) is 38.0 Å². The molecule has 2 atom stereocenters. The Hall–Kier alpha value is -0.900. The van der Waals surface area contributed by atoms with Crippen molar-refractivity contribution in [3.63, 3.8) is 0 Å². The average Bonchev–Trinajstić information content (AvgIpc) is 2.87. The number of hydrogen-bond acceptors (Lipinski definition) is 3. The molecule has 1 aliphatic heterocycles. The first kappa shape index (κ1) is 18.4. The van der Waals surface area contributed by atoms with Crippen molar-refractivity contribution in [2.75, 3.05) is 7.11 Å². The van der Waals surface area contributed by atoms with Gasteiger partial charge in [-0.15, -0.1) is 0 Å². The van der Waals surface area contributed by atoms with Gasteiger partial charge in [-0.2, -0.15) is 0 Å². The molecule has 0 aromatic heterocycles. The lowest BCUT2D eigenvalue weighted by atomic mass is 9.69. The number of carbonyl (C=O) groups is 2. The smallest absolute Gasteiger partial charge is 0.246 e. The van der Waals surface area contributed by atoms with Gasteiger partial charge in [-0.1, -0.05) is 39.0 Å². The zero-order chi connectivity index (χ0) is 16.7. The molecule has 2 rings (SSSR count). The van der Waals surface area contributed by atoms with E-state index < -0.39 is 0 Å². The maximum Gasteiger partial charge on any atom is 0.246 e. The zero-order valence-electron chi connectivity index (χ0n) is 14.9. The summed E-state index contributed by atoms with van der Waals surface area (Å²) in [4.78, 5) is 29.7. The molecule has 132 valence electrons. The highest BCUT2D eigenvalue weighted by Crippen LogP contribution is 2.47. The Balaban J connectivity index is 1.87. The monoisotopic (exact) mass is 323 g/mol. The third-order valence-electron chi connectivity index (χ3n) is 5.84. The number of carbonyl (C=O) groups excluding carboxylic acids is 2. The summed E-state index contributed by atoms with van der Waals surface area (Å²) in [6, 6.07) is 0. The van der Waals surface area contributed by atoms with Crippen LogP contribution in [0, 0.1) is 5.92 Å². The second-order valence-electron chi connectivity index (χ2n) is 7.30. The Kier molecular flexibility index (Phi) is 7.07. The molecule has 1 amide bonds. The molecule has 1 spiro atoms. The van der Waals surface area contributed by atoms with Crippen LogP contribution in [0.4, 0.5) is 0 Å². The topological polar surface area (TPSA) is 46.6 Å². The molecule has 0 aromatic carbocycles. The normalized spacial score (nSPS) is 27.8. The highest BCUT2D eigenvalue weighted by molar-refractivity contribution is 5.79. The van der Waals surface area contributed by atoms with Crippen LogP contribution < -0.4 is 0 Å². The average molecular weight is 323 g/mol. The second-order valence-corrected chi connectivity index (χ2v) is 7.30. The standard InChI is InChI=1S/C19H33NO3/c1-3-4-5-6-10-17(21)12-11-16-9-7-8-14-19(16)15-13-18(22)20(19)23-2/h16H,3-15H2,1-2H3. The van der Waals surface area contributed by atoms with E-state index in [-0.39, 0.29) is 11.4 Å². The molecular weight excluding hydrogens is 290 g/mol. The van der Waals surface area contributed by atoms with Crippen LogP contribution in [-0.4, -0.2) is 29.4 Å². The van der Waals surface area contributed by atoms with Crippen molar-refractivity contribution < 1.29 is 14.4 Å². The van der Waals surface area contributed by atoms with Crippen molar-refractivity contribution in [3.05, 3.63) is 0 Å². The maximum absolute atomic E-state index is 12.2. The molecule has 1 saturated carbocycles. The van der Waals surface area contributed by atoms with Crippen molar-refractivity contribution in [2.24, 2.45) is 5.92 Å². The summed E-state index contributed by atoms with van der Waals surface area (Å²) in [6.45, 7) is 2.19. The van der Waals surface area contributed by atoms with E-state index in [4.69, 9.17) is 4.84 Å². The number of ketones is 1. The quantitative estimate of drug-likeness (QED) is 0.590. The first-order chi connectivity index (χ1) is 11.1. The molecule has 4 nitrogen and oxygen atoms in total. The van der Waals surface area contributed by atoms with Crippen molar-refractivity contribution >= 4 is 11.7 Å². The van der Waals surface area contributed by atoms with Gasteiger partial charge >= 0.3 is 0 Å². The summed E-state index contributed by atoms with van der Waals surface area (Å²) in [5, 5.41) is 1.66. The van der Waals surface area contributed by atoms with Gasteiger partial charge in [0.2, 0.25) is 5.91 Å². The Morgan fingerprint density at radius 3 is 2.78 bits per heavy atom. The van der Waals surface area contributed by atoms with Crippen LogP contribution in [0.25, 0.3) is 0 Å². The molecule has 23 heavy (non-hydrogen) atoms. The van der Waals surface area contributed by atoms with Crippen LogP contribution in [-0.2, 0) is 14.4 Å². The fourth-order valence-corrected chi connectivity index (χ4v) is 4.57. The van der Waals surface area contributed by atoms with Gasteiger partial charge < -0.3 is 0 Å². The van der Waals surface area contributed by atoms with Crippen LogP contribution in [0.2, 0.25) is 0 Å². The van der Waals surface area contributed by atoms with Crippen molar-refractivity contribution in [3.8, 4) is 0 Å². The minimum absolute atomic E-state index is 0.116. The Bertz CT molecular complexity index is 409. The molecule has 0 bridgehead atoms. The van der Waals surface area contributed by atoms with Crippen molar-refractivity contribution in [1.82, 2.24) is 5.06 Å². The lowest BCUT2D eigenvalue weighted by molar-refractivity contribution is -0.211. The summed E-state index contributed by atoms with van der Waals surface area (Å²) in [5.74, 6) is 0.933. The van der Waals surface area contributed by atoms with Crippen LogP contribution in [0.1, 0.15) is 90.4 Å². The molecule has 0 radical (unpaired) electrons. The molecule has 1 aliphatic carbocycles. The molecule has 4 heteroatoms. The zero-order valence-corrected chi connectivity index (χ0v) is 14.9. The lowest BCUT2D eigenvalue weighted by Crippen LogP contribution is -2.52. The third-order valence-corrected chi connectivity index (χ3v) is 5.84. The first-order valence-corrected chi connectivity index (χ1v) is 9.53. The van der Waals surface area contributed by atoms with E-state index in [1.165, 1.54) is 25.7 Å². The van der Waals surface area contributed by atoms with E-state index in [0.717, 1.165) is 44.9 Å². The number of hydrogen-bond donors (Lipinski definition) is 0. The van der Waals surface area contributed by atoms with E-state index in [2.05, 4.69) is 6.92 Å². The SMILES string of the molecule is CCCCCCC(=O)CCC1CCCCC12CCC(=O)N2OC. The van der Waals surface area contributed by atoms with Crippen molar-refractivity contribution in [1.29, 1.82) is 0 Å². The van der Waals surface area contributed by atoms with Crippen molar-refractivity contribution in [2.45, 2.75) is 95.9 Å². The van der Waals surface area contributed by atoms with Gasteiger partial charge in [0.05, 0.1) is 12.6 Å². The molecule has 2 unspecified atom stereocenters. The highest BCUT2D eigenvalue weighted by atomic mass is 16.7. The van der Waals surface area contributed by atoms with Gasteiger partial charge in [-0.3, -0.25) is 14.4 Å². The predicted octanol–water partition coefficient (Wildman–Crippen LogP) is 4.42. The summed E-state index contributed by atoms with van der Waals surface area (Å²) < 4.78 is 0. The number of unbranched alkanes of at least 4 members (excludes halogenated alkanes) is 3. The molecule has 1 saturated heterocycles. The van der Waals surface area contributed by atoms with E-state index >= 15 is 0 Å². The summed E-state index contributed by atoms with van der Waals surface area (Å²) >= 11 is 0. The molecule has 2 aliphatic rings. The van der Waals surface area contributed by atoms with Crippen LogP contribution in [0.5, 0.6) is 0 Å². The van der Waals surface area contributed by atoms with E-state index in [1.807, 2.05) is 0 Å². The predicted molar refractivity (Wildman–Crippen MR) is 90.8 cm³/mol. The highest BCUT2D eigenvalue weighted by Gasteiger charge is 2.51. The van der Waals surface area contributed by atoms with Gasteiger partial charge in [-0.25, -0.2) is 5.06 Å². The third kappa shape index (κ3) is 4.34. The number of hydroxylamine groups is 2. The van der Waals surface area contributed by atoms with Gasteiger partial charge in [0.15, 0.2) is 0 Å². The van der Waals surface area contributed by atoms with Gasteiger partial charge in [0.25, 0.3) is 0 Å². The summed E-state index contributed by atoms with van der Waals surface area (Å²) in [7, 11) is 1.61. The summed E-state index contributed by atoms with van der Waals surface area (Å²) in [6.07, 6.45) is 13.0. The largest absolute Gasteiger partial charge is 0.300 e. The summed E-state index contributed by atoms with van der Waals surface area (Å²) in [5.41, 5.74) is -0.132. The molecule has 1 heterocycles. The Morgan fingerprint density at radius 1 is 1.22 bits per heavy atom. The maximum atomic E-state index is 12.2. The van der Waals surface area contributed by atoms with E-state index in [1.54, 1.807) is 12.2 Å². The van der Waals surface area contributed by atoms with E-state index in [9.17, 15) is 9.59 Å². The first-order valence-electron chi connectivity index (χ1n) is 9.53. The van der Waals surface area contributed by atoms with Crippen LogP contribution in [0.3, 0.4) is 0 Å². The fraction of sp³-hybridized carbons (Fsp3) is 0.895. The molecular formula is C19H33NO3. The number of amides is 1. The minimum Gasteiger partial charge on any atom is -0.300 e. The Labute approximate surface area is 140 Å². The van der Waals surface area contributed by atoms with Crippen LogP contribution in [0.15, 0.2) is 0 Å². The van der Waals surface area contributed by atoms with Gasteiger partial charge in [0.1, 0.15) is 5.78 Å². The fourth-order valence-electron chi connectivity index (χ4n) is 4.57. The van der Waals surface area contributed by atoms with E-state index in [0.29, 0.717) is 24.5 Å². The number of nitrogens with zero attached hydrogens (tertiary/aromatic N) is 1. The van der Waals surface area contributed by atoms with Gasteiger partial charge in [0, 0.05) is 19.3 Å². The Morgan fingerprint density at radius 2 is 2.04 bits per heavy atom. The minimum atomic E-state index is -0.132. The second kappa shape index (κ2) is 8.81. The number of Topliss-reactive ketones (excluding diaryl/α,β-unsaturated/α-hetero) is 1. The molecule has 2 fully saturated rings. The number of rotatable bonds is 9. The molecule has 0 aromatic rings.